The van der Waals surface area contributed by atoms with Crippen LogP contribution in [0.15, 0.2) is 0 Å². The molecule has 3 heteroatoms. The quantitative estimate of drug-likeness (QED) is 0.781. The van der Waals surface area contributed by atoms with Crippen molar-refractivity contribution in [3.8, 4) is 0 Å². The van der Waals surface area contributed by atoms with E-state index in [9.17, 15) is 9.59 Å². The third kappa shape index (κ3) is 2.60. The van der Waals surface area contributed by atoms with Crippen LogP contribution in [-0.2, 0) is 9.59 Å². The van der Waals surface area contributed by atoms with E-state index in [1.165, 1.54) is 19.3 Å². The molecule has 3 nitrogen and oxygen atoms in total. The smallest absolute Gasteiger partial charge is 0.287 e. The fourth-order valence-corrected chi connectivity index (χ4v) is 3.77. The zero-order valence-electron chi connectivity index (χ0n) is 11.0. The Labute approximate surface area is 109 Å². The number of carbonyl (C=O) groups is 2. The fourth-order valence-electron chi connectivity index (χ4n) is 3.77. The molecule has 3 saturated carbocycles. The molecule has 0 aromatic rings. The van der Waals surface area contributed by atoms with Gasteiger partial charge in [0.25, 0.3) is 5.91 Å². The molecule has 0 saturated heterocycles. The Morgan fingerprint density at radius 2 is 1.44 bits per heavy atom. The molecule has 0 aliphatic heterocycles. The number of amides is 1. The molecule has 3 aliphatic carbocycles. The topological polar surface area (TPSA) is 46.2 Å². The first kappa shape index (κ1) is 12.2. The van der Waals surface area contributed by atoms with E-state index >= 15 is 0 Å². The van der Waals surface area contributed by atoms with Crippen LogP contribution in [0.2, 0.25) is 0 Å². The Bertz CT molecular complexity index is 334. The van der Waals surface area contributed by atoms with Crippen molar-refractivity contribution in [1.29, 1.82) is 0 Å². The average Bonchev–Trinajstić information content (AvgIpc) is 2.94. The van der Waals surface area contributed by atoms with E-state index in [1.807, 2.05) is 0 Å². The van der Waals surface area contributed by atoms with Gasteiger partial charge >= 0.3 is 0 Å². The second-order valence-corrected chi connectivity index (χ2v) is 6.43. The number of fused-ring (bicyclic) bond motifs is 1. The number of hydrogen-bond acceptors (Lipinski definition) is 2. The summed E-state index contributed by atoms with van der Waals surface area (Å²) in [4.78, 5) is 23.9. The van der Waals surface area contributed by atoms with Crippen LogP contribution >= 0.6 is 0 Å². The van der Waals surface area contributed by atoms with Gasteiger partial charge in [0, 0.05) is 12.0 Å². The first-order valence-electron chi connectivity index (χ1n) is 7.58. The number of nitrogens with one attached hydrogen (secondary N) is 1. The van der Waals surface area contributed by atoms with Crippen molar-refractivity contribution >= 4 is 11.7 Å². The predicted molar refractivity (Wildman–Crippen MR) is 69.0 cm³/mol. The lowest BCUT2D eigenvalue weighted by Gasteiger charge is -2.17. The summed E-state index contributed by atoms with van der Waals surface area (Å²) in [6.45, 7) is 0. The van der Waals surface area contributed by atoms with E-state index in [0.29, 0.717) is 0 Å². The standard InChI is InChI=1S/C15H23NO2/c17-14(10-3-1-2-4-10)15(18)16-13-7-5-11-9-12(11)6-8-13/h10-13H,1-9H2,(H,16,18). The van der Waals surface area contributed by atoms with Crippen LogP contribution in [-0.4, -0.2) is 17.7 Å². The molecule has 3 aliphatic rings. The normalized spacial score (nSPS) is 35.7. The largest absolute Gasteiger partial charge is 0.347 e. The highest BCUT2D eigenvalue weighted by molar-refractivity contribution is 6.37. The molecule has 3 rings (SSSR count). The molecule has 2 unspecified atom stereocenters. The van der Waals surface area contributed by atoms with Crippen molar-refractivity contribution in [2.45, 2.75) is 63.8 Å². The maximum atomic E-state index is 12.0. The molecule has 1 N–H and O–H groups in total. The molecule has 0 aromatic heterocycles. The molecule has 100 valence electrons. The van der Waals surface area contributed by atoms with Gasteiger partial charge < -0.3 is 5.32 Å². The number of Topliss-reactive ketones (excluding diaryl/α,β-unsaturated/α-hetero) is 1. The zero-order chi connectivity index (χ0) is 12.5. The molecule has 1 amide bonds. The van der Waals surface area contributed by atoms with Gasteiger partial charge in [-0.15, -0.1) is 0 Å². The summed E-state index contributed by atoms with van der Waals surface area (Å²) in [5.74, 6) is 1.42. The molecule has 0 aromatic carbocycles. The highest BCUT2D eigenvalue weighted by Gasteiger charge is 2.39. The van der Waals surface area contributed by atoms with E-state index in [4.69, 9.17) is 0 Å². The Morgan fingerprint density at radius 1 is 0.833 bits per heavy atom. The van der Waals surface area contributed by atoms with Crippen LogP contribution in [0.1, 0.15) is 57.8 Å². The van der Waals surface area contributed by atoms with Crippen LogP contribution < -0.4 is 5.32 Å². The highest BCUT2D eigenvalue weighted by atomic mass is 16.2. The minimum atomic E-state index is -0.303. The first-order valence-corrected chi connectivity index (χ1v) is 7.58. The highest BCUT2D eigenvalue weighted by Crippen LogP contribution is 2.47. The predicted octanol–water partition coefficient (Wildman–Crippen LogP) is 2.44. The van der Waals surface area contributed by atoms with Gasteiger partial charge in [0.15, 0.2) is 0 Å². The summed E-state index contributed by atoms with van der Waals surface area (Å²) in [5, 5.41) is 2.99. The van der Waals surface area contributed by atoms with E-state index in [0.717, 1.165) is 50.4 Å². The van der Waals surface area contributed by atoms with Gasteiger partial charge in [0.2, 0.25) is 5.78 Å². The Morgan fingerprint density at radius 3 is 2.06 bits per heavy atom. The maximum absolute atomic E-state index is 12.0. The lowest BCUT2D eigenvalue weighted by molar-refractivity contribution is -0.140. The van der Waals surface area contributed by atoms with E-state index in [2.05, 4.69) is 5.32 Å². The molecule has 18 heavy (non-hydrogen) atoms. The summed E-state index contributed by atoms with van der Waals surface area (Å²) in [6, 6.07) is 0.260. The Balaban J connectivity index is 1.49. The third-order valence-electron chi connectivity index (χ3n) is 5.13. The lowest BCUT2D eigenvalue weighted by Crippen LogP contribution is -2.41. The molecule has 3 fully saturated rings. The van der Waals surface area contributed by atoms with Gasteiger partial charge in [-0.2, -0.15) is 0 Å². The van der Waals surface area contributed by atoms with Crippen molar-refractivity contribution in [3.05, 3.63) is 0 Å². The van der Waals surface area contributed by atoms with Crippen molar-refractivity contribution < 1.29 is 9.59 Å². The van der Waals surface area contributed by atoms with Crippen molar-refractivity contribution in [2.24, 2.45) is 17.8 Å². The van der Waals surface area contributed by atoms with Crippen molar-refractivity contribution in [2.75, 3.05) is 0 Å². The molecule has 0 bridgehead atoms. The second kappa shape index (κ2) is 5.02. The molecule has 0 heterocycles. The molecule has 2 atom stereocenters. The van der Waals surface area contributed by atoms with E-state index in [1.54, 1.807) is 0 Å². The Kier molecular flexibility index (Phi) is 3.40. The molecule has 0 radical (unpaired) electrons. The molecular weight excluding hydrogens is 226 g/mol. The minimum Gasteiger partial charge on any atom is -0.347 e. The summed E-state index contributed by atoms with van der Waals surface area (Å²) < 4.78 is 0. The fraction of sp³-hybridized carbons (Fsp3) is 0.867. The van der Waals surface area contributed by atoms with Gasteiger partial charge in [-0.25, -0.2) is 0 Å². The number of ketones is 1. The first-order chi connectivity index (χ1) is 8.74. The summed E-state index contributed by atoms with van der Waals surface area (Å²) in [6.07, 6.45) is 10.1. The van der Waals surface area contributed by atoms with Crippen LogP contribution in [0.5, 0.6) is 0 Å². The van der Waals surface area contributed by atoms with Crippen LogP contribution in [0.3, 0.4) is 0 Å². The average molecular weight is 249 g/mol. The number of rotatable bonds is 3. The van der Waals surface area contributed by atoms with Crippen LogP contribution in [0.25, 0.3) is 0 Å². The van der Waals surface area contributed by atoms with Gasteiger partial charge in [-0.3, -0.25) is 9.59 Å². The summed E-state index contributed by atoms with van der Waals surface area (Å²) in [7, 11) is 0. The summed E-state index contributed by atoms with van der Waals surface area (Å²) >= 11 is 0. The minimum absolute atomic E-state index is 0.0178. The van der Waals surface area contributed by atoms with Gasteiger partial charge in [-0.1, -0.05) is 12.8 Å². The SMILES string of the molecule is O=C(NC1CCC2CC2CC1)C(=O)C1CCCC1. The molecular formula is C15H23NO2. The number of hydrogen-bond donors (Lipinski definition) is 1. The Hall–Kier alpha value is -0.860. The third-order valence-corrected chi connectivity index (χ3v) is 5.13. The maximum Gasteiger partial charge on any atom is 0.287 e. The number of carbonyl (C=O) groups excluding carboxylic acids is 2. The van der Waals surface area contributed by atoms with Crippen molar-refractivity contribution in [1.82, 2.24) is 5.32 Å². The van der Waals surface area contributed by atoms with Gasteiger partial charge in [-0.05, 0) is 56.8 Å². The van der Waals surface area contributed by atoms with Crippen molar-refractivity contribution in [3.63, 3.8) is 0 Å². The monoisotopic (exact) mass is 249 g/mol. The molecule has 0 spiro atoms. The summed E-state index contributed by atoms with van der Waals surface area (Å²) in [5.41, 5.74) is 0. The second-order valence-electron chi connectivity index (χ2n) is 6.43. The van der Waals surface area contributed by atoms with Crippen LogP contribution in [0, 0.1) is 17.8 Å². The lowest BCUT2D eigenvalue weighted by atomic mass is 10.0. The zero-order valence-corrected chi connectivity index (χ0v) is 11.0. The van der Waals surface area contributed by atoms with E-state index < -0.39 is 0 Å². The van der Waals surface area contributed by atoms with E-state index in [-0.39, 0.29) is 23.7 Å². The van der Waals surface area contributed by atoms with Gasteiger partial charge in [0.05, 0.1) is 0 Å². The van der Waals surface area contributed by atoms with Gasteiger partial charge in [0.1, 0.15) is 0 Å². The van der Waals surface area contributed by atoms with Crippen LogP contribution in [0.4, 0.5) is 0 Å².